The van der Waals surface area contributed by atoms with Crippen molar-refractivity contribution in [2.24, 2.45) is 35.5 Å². The zero-order valence-corrected chi connectivity index (χ0v) is 52.2. The summed E-state index contributed by atoms with van der Waals surface area (Å²) in [5.41, 5.74) is 4.80. The molecule has 2 aromatic carbocycles. The van der Waals surface area contributed by atoms with Crippen molar-refractivity contribution in [2.45, 2.75) is 168 Å². The van der Waals surface area contributed by atoms with Crippen LogP contribution in [0.2, 0.25) is 0 Å². The number of hydrogen-bond acceptors (Lipinski definition) is 13. The van der Waals surface area contributed by atoms with Gasteiger partial charge in [-0.3, -0.25) is 33.8 Å². The van der Waals surface area contributed by atoms with Crippen LogP contribution in [-0.4, -0.2) is 187 Å². The highest BCUT2D eigenvalue weighted by atomic mass is 16.5. The molecular formula is C63H101N7O11. The van der Waals surface area contributed by atoms with Gasteiger partial charge in [-0.05, 0) is 129 Å². The molecule has 4 aliphatic heterocycles. The van der Waals surface area contributed by atoms with E-state index in [0.717, 1.165) is 74.2 Å². The number of piperidine rings is 1. The molecule has 4 aliphatic rings. The molecule has 5 amide bonds. The summed E-state index contributed by atoms with van der Waals surface area (Å²) >= 11 is 0. The molecule has 18 nitrogen and oxygen atoms in total. The van der Waals surface area contributed by atoms with Gasteiger partial charge in [-0.2, -0.15) is 0 Å². The van der Waals surface area contributed by atoms with Crippen molar-refractivity contribution in [1.82, 2.24) is 35.1 Å². The first-order valence-electron chi connectivity index (χ1n) is 30.0. The molecule has 12 atom stereocenters. The van der Waals surface area contributed by atoms with Gasteiger partial charge in [0.1, 0.15) is 6.04 Å². The summed E-state index contributed by atoms with van der Waals surface area (Å²) in [7, 11) is 15.3. The van der Waals surface area contributed by atoms with Crippen molar-refractivity contribution < 1.29 is 52.4 Å². The number of rotatable bonds is 27. The van der Waals surface area contributed by atoms with Crippen LogP contribution in [0.5, 0.6) is 23.0 Å². The Balaban J connectivity index is 1.14. The first-order chi connectivity index (χ1) is 38.6. The second kappa shape index (κ2) is 29.4. The van der Waals surface area contributed by atoms with Crippen LogP contribution < -0.4 is 29.6 Å². The van der Waals surface area contributed by atoms with Crippen LogP contribution in [0, 0.1) is 35.5 Å². The van der Waals surface area contributed by atoms with Gasteiger partial charge in [0.15, 0.2) is 23.0 Å². The number of amides is 5. The van der Waals surface area contributed by atoms with Crippen LogP contribution in [0.4, 0.5) is 0 Å². The van der Waals surface area contributed by atoms with Crippen LogP contribution in [0.1, 0.15) is 141 Å². The number of nitrogens with zero attached hydrogens (tertiary/aromatic N) is 5. The van der Waals surface area contributed by atoms with Gasteiger partial charge >= 0.3 is 0 Å². The number of benzene rings is 2. The molecule has 0 aromatic heterocycles. The number of ether oxygens (including phenoxy) is 6. The fourth-order valence-corrected chi connectivity index (χ4v) is 14.1. The van der Waals surface area contributed by atoms with E-state index in [9.17, 15) is 24.0 Å². The average molecular weight is 1130 g/mol. The van der Waals surface area contributed by atoms with Gasteiger partial charge in [-0.1, -0.05) is 68.2 Å². The standard InChI is InChI=1S/C63H101N7O11/c1-18-39(7)59(67(11)63(75)57(37(3)4)65-62(74)58(38(5)6)66(9)10)54(80-16)35-56(72)69-26-20-21-47(69)60(81-17)40(8)61(73)64-25-22-55(71)70-28-24-43-32-51(77-13)53(79-15)34-46(43)49(70)30-44-29-48-45-33-52(78-14)50(76-12)31-42(45)23-27-68(48)36-41(44)19-2/h31-34,37-41,44,47-49,54,57-60H,18-30,35-36H2,1-17H3,(H,64,73)(H,65,74)/t39-,40+,41-,44+,47?,48?,49+,54+,57-,58-,59?,60+/m0/s1. The third-order valence-electron chi connectivity index (χ3n) is 18.7. The summed E-state index contributed by atoms with van der Waals surface area (Å²) in [5, 5.41) is 6.15. The van der Waals surface area contributed by atoms with E-state index in [4.69, 9.17) is 28.4 Å². The molecule has 0 spiro atoms. The lowest BCUT2D eigenvalue weighted by Gasteiger charge is -2.49. The second-order valence-electron chi connectivity index (χ2n) is 24.3. The van der Waals surface area contributed by atoms with Crippen LogP contribution in [-0.2, 0) is 46.3 Å². The molecule has 0 radical (unpaired) electrons. The van der Waals surface area contributed by atoms with Gasteiger partial charge in [-0.15, -0.1) is 0 Å². The van der Waals surface area contributed by atoms with E-state index in [-0.39, 0.29) is 84.8 Å². The summed E-state index contributed by atoms with van der Waals surface area (Å²) in [6, 6.07) is 6.37. The molecule has 454 valence electrons. The van der Waals surface area contributed by atoms with Gasteiger partial charge in [0.05, 0.1) is 77.2 Å². The van der Waals surface area contributed by atoms with E-state index in [2.05, 4.69) is 60.6 Å². The van der Waals surface area contributed by atoms with E-state index in [0.29, 0.717) is 49.3 Å². The quantitative estimate of drug-likeness (QED) is 0.0909. The summed E-state index contributed by atoms with van der Waals surface area (Å²) < 4.78 is 35.4. The largest absolute Gasteiger partial charge is 0.493 e. The molecule has 0 saturated carbocycles. The van der Waals surface area contributed by atoms with E-state index in [1.54, 1.807) is 54.6 Å². The Morgan fingerprint density at radius 2 is 1.31 bits per heavy atom. The topological polar surface area (TPSA) is 181 Å². The third-order valence-corrected chi connectivity index (χ3v) is 18.7. The minimum atomic E-state index is -0.784. The van der Waals surface area contributed by atoms with Crippen LogP contribution in [0.15, 0.2) is 24.3 Å². The Labute approximate surface area is 484 Å². The predicted octanol–water partition coefficient (Wildman–Crippen LogP) is 7.34. The van der Waals surface area contributed by atoms with Crippen molar-refractivity contribution in [3.8, 4) is 23.0 Å². The molecular weight excluding hydrogens is 1030 g/mol. The van der Waals surface area contributed by atoms with E-state index < -0.39 is 36.3 Å². The Kier molecular flexibility index (Phi) is 23.6. The summed E-state index contributed by atoms with van der Waals surface area (Å²) in [6.07, 6.45) is 5.31. The molecule has 3 unspecified atom stereocenters. The molecule has 2 fully saturated rings. The lowest BCUT2D eigenvalue weighted by atomic mass is 9.72. The van der Waals surface area contributed by atoms with Crippen molar-refractivity contribution in [2.75, 3.05) is 96.5 Å². The van der Waals surface area contributed by atoms with Crippen molar-refractivity contribution in [3.05, 3.63) is 46.5 Å². The van der Waals surface area contributed by atoms with Crippen molar-refractivity contribution >= 4 is 29.5 Å². The second-order valence-corrected chi connectivity index (χ2v) is 24.3. The number of fused-ring (bicyclic) bond motifs is 4. The summed E-state index contributed by atoms with van der Waals surface area (Å²) in [4.78, 5) is 81.6. The molecule has 6 rings (SSSR count). The molecule has 0 aliphatic carbocycles. The highest BCUT2D eigenvalue weighted by Gasteiger charge is 2.45. The monoisotopic (exact) mass is 1130 g/mol. The number of nitrogens with one attached hydrogen (secondary N) is 2. The van der Waals surface area contributed by atoms with Gasteiger partial charge < -0.3 is 53.8 Å². The molecule has 81 heavy (non-hydrogen) atoms. The fourth-order valence-electron chi connectivity index (χ4n) is 14.1. The average Bonchev–Trinajstić information content (AvgIpc) is 3.94. The number of carbonyl (C=O) groups is 5. The van der Waals surface area contributed by atoms with Gasteiger partial charge in [0.25, 0.3) is 0 Å². The minimum absolute atomic E-state index is 0.00744. The first-order valence-corrected chi connectivity index (χ1v) is 30.0. The minimum Gasteiger partial charge on any atom is -0.493 e. The molecule has 0 bridgehead atoms. The molecule has 2 saturated heterocycles. The highest BCUT2D eigenvalue weighted by Crippen LogP contribution is 2.49. The first kappa shape index (κ1) is 65.0. The predicted molar refractivity (Wildman–Crippen MR) is 315 cm³/mol. The van der Waals surface area contributed by atoms with Crippen LogP contribution in [0.25, 0.3) is 0 Å². The Morgan fingerprint density at radius 1 is 0.704 bits per heavy atom. The van der Waals surface area contributed by atoms with E-state index >= 15 is 0 Å². The molecule has 2 aromatic rings. The zero-order chi connectivity index (χ0) is 59.6. The van der Waals surface area contributed by atoms with Crippen LogP contribution >= 0.6 is 0 Å². The Hall–Kier alpha value is -5.17. The molecule has 4 heterocycles. The third kappa shape index (κ3) is 14.6. The van der Waals surface area contributed by atoms with Crippen LogP contribution in [0.3, 0.4) is 0 Å². The van der Waals surface area contributed by atoms with Crippen molar-refractivity contribution in [3.63, 3.8) is 0 Å². The van der Waals surface area contributed by atoms with E-state index in [1.165, 1.54) is 11.1 Å². The summed E-state index contributed by atoms with van der Waals surface area (Å²) in [6.45, 7) is 19.1. The summed E-state index contributed by atoms with van der Waals surface area (Å²) in [5.74, 6) is 1.78. The SMILES string of the molecule is CC[C@H]1CN2CCc3cc(OC)c(OC)cc3C2C[C@@H]1C[C@@H]1c2cc(OC)c(OC)cc2CCN1C(=O)CCNC(=O)[C@H](C)[C@@H](OC)C1CCCN1C(=O)C[C@@H](OC)C([C@@H](C)CC)N(C)C(=O)[C@@H](NC(=O)[C@H](C(C)C)N(C)C)C(C)C. The number of likely N-dealkylation sites (tertiary alicyclic amines) is 1. The van der Waals surface area contributed by atoms with Gasteiger partial charge in [0, 0.05) is 66.5 Å². The molecule has 2 N–H and O–H groups in total. The van der Waals surface area contributed by atoms with Crippen molar-refractivity contribution in [1.29, 1.82) is 0 Å². The number of hydrogen-bond donors (Lipinski definition) is 2. The normalized spacial score (nSPS) is 22.6. The lowest BCUT2D eigenvalue weighted by molar-refractivity contribution is -0.148. The zero-order valence-electron chi connectivity index (χ0n) is 52.2. The van der Waals surface area contributed by atoms with Gasteiger partial charge in [0.2, 0.25) is 29.5 Å². The number of likely N-dealkylation sites (N-methyl/N-ethyl adjacent to an activating group) is 2. The highest BCUT2D eigenvalue weighted by molar-refractivity contribution is 5.90. The lowest BCUT2D eigenvalue weighted by Crippen LogP contribution is -2.59. The Morgan fingerprint density at radius 3 is 1.86 bits per heavy atom. The smallest absolute Gasteiger partial charge is 0.245 e. The van der Waals surface area contributed by atoms with Gasteiger partial charge in [-0.25, -0.2) is 0 Å². The maximum Gasteiger partial charge on any atom is 0.245 e. The molecule has 18 heteroatoms. The maximum absolute atomic E-state index is 14.7. The Bertz CT molecular complexity index is 2450. The maximum atomic E-state index is 14.7. The fraction of sp³-hybridized carbons (Fsp3) is 0.730. The van der Waals surface area contributed by atoms with E-state index in [1.807, 2.05) is 63.4 Å². The number of methoxy groups -OCH3 is 6. The number of carbonyl (C=O) groups excluding carboxylic acids is 5.